The molecule has 248 valence electrons. The molecule has 5 rings (SSSR count). The number of anilines is 1. The number of hydrogen-bond donors (Lipinski definition) is 3. The summed E-state index contributed by atoms with van der Waals surface area (Å²) in [5.41, 5.74) is -0.746. The Morgan fingerprint density at radius 1 is 1.22 bits per heavy atom. The second-order valence-electron chi connectivity index (χ2n) is 13.3. The number of allylic oxidation sites excluding steroid dienone is 1. The average Bonchev–Trinajstić information content (AvgIpc) is 3.88. The Labute approximate surface area is 283 Å². The first-order valence-electron chi connectivity index (χ1n) is 15.6. The minimum atomic E-state index is -3.95. The second kappa shape index (κ2) is 13.1. The minimum absolute atomic E-state index is 0.0454. The van der Waals surface area contributed by atoms with Crippen LogP contribution in [0.3, 0.4) is 0 Å². The maximum Gasteiger partial charge on any atom is 0.411 e. The molecule has 46 heavy (non-hydrogen) atoms. The zero-order chi connectivity index (χ0) is 33.4. The highest BCUT2D eigenvalue weighted by Gasteiger charge is 2.63. The molecular weight excluding hydrogens is 725 g/mol. The number of alkyl halides is 1. The molecule has 1 aromatic rings. The van der Waals surface area contributed by atoms with E-state index in [1.165, 1.54) is 6.07 Å². The van der Waals surface area contributed by atoms with Crippen molar-refractivity contribution in [1.29, 1.82) is 5.26 Å². The lowest BCUT2D eigenvalue weighted by Gasteiger charge is -2.28. The van der Waals surface area contributed by atoms with Crippen LogP contribution in [0.4, 0.5) is 10.5 Å². The van der Waals surface area contributed by atoms with Gasteiger partial charge >= 0.3 is 6.09 Å². The summed E-state index contributed by atoms with van der Waals surface area (Å²) in [5.74, 6) is -3.48. The summed E-state index contributed by atoms with van der Waals surface area (Å²) in [6, 6.07) is 8.34. The number of rotatable bonds is 6. The number of halogens is 1. The normalized spacial score (nSPS) is 31.9. The van der Waals surface area contributed by atoms with Crippen LogP contribution in [-0.4, -0.2) is 71.0 Å². The Kier molecular flexibility index (Phi) is 9.75. The van der Waals surface area contributed by atoms with Gasteiger partial charge in [0.15, 0.2) is 0 Å². The number of sulfonamides is 1. The van der Waals surface area contributed by atoms with Crippen molar-refractivity contribution in [3.8, 4) is 6.07 Å². The van der Waals surface area contributed by atoms with E-state index in [1.807, 2.05) is 18.2 Å². The van der Waals surface area contributed by atoms with Gasteiger partial charge in [0.05, 0.1) is 28.2 Å². The summed E-state index contributed by atoms with van der Waals surface area (Å²) in [5, 5.41) is 14.6. The molecule has 3 N–H and O–H groups in total. The number of benzene rings is 1. The molecule has 7 atom stereocenters. The van der Waals surface area contributed by atoms with Gasteiger partial charge in [0.25, 0.3) is 5.91 Å². The first-order valence-corrected chi connectivity index (χ1v) is 18.3. The molecule has 0 saturated heterocycles. The van der Waals surface area contributed by atoms with Gasteiger partial charge < -0.3 is 15.0 Å². The number of hydrogen-bond acceptors (Lipinski definition) is 8. The highest BCUT2D eigenvalue weighted by molar-refractivity contribution is 14.1. The molecule has 1 heterocycles. The lowest BCUT2D eigenvalue weighted by molar-refractivity contribution is -0.140. The molecule has 4 aliphatic rings. The maximum absolute atomic E-state index is 14.0. The topological polar surface area (TPSA) is 175 Å². The van der Waals surface area contributed by atoms with Crippen LogP contribution >= 0.6 is 22.6 Å². The fourth-order valence-electron chi connectivity index (χ4n) is 6.40. The zero-order valence-electron chi connectivity index (χ0n) is 26.1. The Morgan fingerprint density at radius 3 is 2.61 bits per heavy atom. The predicted octanol–water partition coefficient (Wildman–Crippen LogP) is 3.62. The van der Waals surface area contributed by atoms with E-state index in [4.69, 9.17) is 10.00 Å². The number of nitriles is 1. The maximum atomic E-state index is 14.0. The van der Waals surface area contributed by atoms with Crippen LogP contribution in [0.2, 0.25) is 0 Å². The van der Waals surface area contributed by atoms with Crippen LogP contribution in [0, 0.1) is 35.0 Å². The Hall–Kier alpha value is -3.19. The second-order valence-corrected chi connectivity index (χ2v) is 17.5. The van der Waals surface area contributed by atoms with Gasteiger partial charge in [0.1, 0.15) is 11.6 Å². The summed E-state index contributed by atoms with van der Waals surface area (Å²) < 4.78 is 33.2. The van der Waals surface area contributed by atoms with E-state index in [1.54, 1.807) is 37.1 Å². The Morgan fingerprint density at radius 2 is 1.93 bits per heavy atom. The van der Waals surface area contributed by atoms with E-state index in [0.717, 1.165) is 6.42 Å². The number of amides is 4. The van der Waals surface area contributed by atoms with Crippen molar-refractivity contribution in [3.63, 3.8) is 0 Å². The van der Waals surface area contributed by atoms with Crippen LogP contribution in [-0.2, 0) is 29.1 Å². The van der Waals surface area contributed by atoms with Crippen molar-refractivity contribution in [2.45, 2.75) is 79.1 Å². The van der Waals surface area contributed by atoms with Crippen molar-refractivity contribution in [2.75, 3.05) is 18.9 Å². The van der Waals surface area contributed by atoms with Gasteiger partial charge in [-0.05, 0) is 76.0 Å². The highest BCUT2D eigenvalue weighted by Crippen LogP contribution is 2.48. The summed E-state index contributed by atoms with van der Waals surface area (Å²) in [6.07, 6.45) is 5.04. The third kappa shape index (κ3) is 7.20. The molecule has 12 nitrogen and oxygen atoms in total. The molecule has 0 radical (unpaired) electrons. The molecule has 1 aromatic carbocycles. The van der Waals surface area contributed by atoms with E-state index in [0.29, 0.717) is 41.0 Å². The van der Waals surface area contributed by atoms with E-state index in [9.17, 15) is 27.6 Å². The molecule has 3 aliphatic carbocycles. The molecule has 4 amide bonds. The monoisotopic (exact) mass is 765 g/mol. The van der Waals surface area contributed by atoms with Crippen LogP contribution < -0.4 is 15.4 Å². The molecule has 0 aromatic heterocycles. The Balaban J connectivity index is 1.39. The van der Waals surface area contributed by atoms with Crippen LogP contribution in [0.25, 0.3) is 0 Å². The SMILES string of the molecule is CC(I)C1C/C=C\[C@@H]2C[C@@]2(C(=O)NS(=O)(=O)C2(C)CC2)NC(=O)[C@@H]2C[C@@H](OC(=O)Nc3cccc(C#N)c3)C[C@H]2C(=O)N(C)CC1. The Bertz CT molecular complexity index is 1590. The number of nitrogens with zero attached hydrogens (tertiary/aromatic N) is 2. The van der Waals surface area contributed by atoms with Gasteiger partial charge in [-0.3, -0.25) is 24.4 Å². The van der Waals surface area contributed by atoms with Crippen LogP contribution in [0.5, 0.6) is 0 Å². The molecule has 0 bridgehead atoms. The van der Waals surface area contributed by atoms with Gasteiger partial charge in [0, 0.05) is 29.1 Å². The van der Waals surface area contributed by atoms with E-state index in [2.05, 4.69) is 44.9 Å². The summed E-state index contributed by atoms with van der Waals surface area (Å²) in [7, 11) is -2.25. The molecule has 14 heteroatoms. The van der Waals surface area contributed by atoms with Crippen LogP contribution in [0.15, 0.2) is 36.4 Å². The van der Waals surface area contributed by atoms with Gasteiger partial charge in [-0.1, -0.05) is 47.7 Å². The van der Waals surface area contributed by atoms with Gasteiger partial charge in [-0.2, -0.15) is 5.26 Å². The van der Waals surface area contributed by atoms with Gasteiger partial charge in [0.2, 0.25) is 21.8 Å². The minimum Gasteiger partial charge on any atom is -0.446 e. The molecule has 3 fully saturated rings. The molecule has 1 aliphatic heterocycles. The van der Waals surface area contributed by atoms with E-state index < -0.39 is 62.1 Å². The smallest absolute Gasteiger partial charge is 0.411 e. The number of carbonyl (C=O) groups is 4. The van der Waals surface area contributed by atoms with Gasteiger partial charge in [-0.15, -0.1) is 0 Å². The van der Waals surface area contributed by atoms with Gasteiger partial charge in [-0.25, -0.2) is 13.2 Å². The third-order valence-corrected chi connectivity index (χ3v) is 13.1. The van der Waals surface area contributed by atoms with Crippen molar-refractivity contribution >= 4 is 62.1 Å². The number of nitrogens with one attached hydrogen (secondary N) is 3. The predicted molar refractivity (Wildman–Crippen MR) is 178 cm³/mol. The van der Waals surface area contributed by atoms with Crippen molar-refractivity contribution in [3.05, 3.63) is 42.0 Å². The first kappa shape index (κ1) is 34.2. The standard InChI is InChI=1S/C32H40IN5O7S/c1-19(33)21-7-5-8-22-17-32(22,29(41)37-46(43,44)31(2)11-12-31)36-27(39)25-15-24(16-26(25)28(40)38(3)13-10-21)45-30(42)35-23-9-4-6-20(14-23)18-34/h4-6,8-9,14,19,21-22,24-26H,7,10-13,15-17H2,1-3H3,(H,35,42)(H,36,39)(H,37,41)/b8-5-/t19?,21?,22-,24-,25-,26-,32-/m1/s1. The van der Waals surface area contributed by atoms with Crippen LogP contribution in [0.1, 0.15) is 64.4 Å². The fourth-order valence-corrected chi connectivity index (χ4v) is 8.36. The fraction of sp³-hybridized carbons (Fsp3) is 0.594. The van der Waals surface area contributed by atoms with E-state index >= 15 is 0 Å². The van der Waals surface area contributed by atoms with Crippen molar-refractivity contribution in [1.82, 2.24) is 14.9 Å². The largest absolute Gasteiger partial charge is 0.446 e. The summed E-state index contributed by atoms with van der Waals surface area (Å²) >= 11 is 2.37. The van der Waals surface area contributed by atoms with Crippen molar-refractivity contribution in [2.24, 2.45) is 23.7 Å². The van der Waals surface area contributed by atoms with E-state index in [-0.39, 0.29) is 31.1 Å². The molecule has 3 saturated carbocycles. The summed E-state index contributed by atoms with van der Waals surface area (Å²) in [6.45, 7) is 4.19. The molecular formula is C32H40IN5O7S. The quantitative estimate of drug-likeness (QED) is 0.224. The van der Waals surface area contributed by atoms with Crippen molar-refractivity contribution < 1.29 is 32.3 Å². The highest BCUT2D eigenvalue weighted by atomic mass is 127. The third-order valence-electron chi connectivity index (χ3n) is 9.95. The number of ether oxygens (including phenoxy) is 1. The summed E-state index contributed by atoms with van der Waals surface area (Å²) in [4.78, 5) is 55.8. The zero-order valence-corrected chi connectivity index (χ0v) is 29.1. The lowest BCUT2D eigenvalue weighted by atomic mass is 9.92. The first-order chi connectivity index (χ1) is 21.7. The lowest BCUT2D eigenvalue weighted by Crippen LogP contribution is -2.55. The molecule has 0 spiro atoms. The molecule has 2 unspecified atom stereocenters. The average molecular weight is 766 g/mol. The number of fused-ring (bicyclic) bond motifs is 2. The number of carbonyl (C=O) groups excluding carboxylic acids is 4.